The zero-order valence-corrected chi connectivity index (χ0v) is 18.5. The Kier molecular flexibility index (Phi) is 5.86. The number of sulfonamides is 1. The number of aryl methyl sites for hydroxylation is 1. The summed E-state index contributed by atoms with van der Waals surface area (Å²) in [5, 5.41) is 0.445. The second-order valence-corrected chi connectivity index (χ2v) is 9.03. The minimum atomic E-state index is -3.89. The van der Waals surface area contributed by atoms with Crippen molar-refractivity contribution in [1.29, 1.82) is 0 Å². The summed E-state index contributed by atoms with van der Waals surface area (Å²) in [5.74, 6) is 1.51. The zero-order chi connectivity index (χ0) is 22.0. The molecule has 2 aromatic heterocycles. The Morgan fingerprint density at radius 3 is 2.39 bits per heavy atom. The molecule has 0 unspecified atom stereocenters. The van der Waals surface area contributed by atoms with Crippen molar-refractivity contribution in [3.63, 3.8) is 0 Å². The van der Waals surface area contributed by atoms with Crippen LogP contribution in [0.2, 0.25) is 10.0 Å². The lowest BCUT2D eigenvalue weighted by Crippen LogP contribution is -2.13. The third-order valence-electron chi connectivity index (χ3n) is 4.33. The predicted octanol–water partition coefficient (Wildman–Crippen LogP) is 5.48. The van der Waals surface area contributed by atoms with Crippen LogP contribution in [0.25, 0.3) is 5.82 Å². The van der Waals surface area contributed by atoms with Gasteiger partial charge in [-0.2, -0.15) is 0 Å². The van der Waals surface area contributed by atoms with Gasteiger partial charge in [0.1, 0.15) is 22.8 Å². The van der Waals surface area contributed by atoms with Crippen LogP contribution in [0.1, 0.15) is 5.56 Å². The summed E-state index contributed by atoms with van der Waals surface area (Å²) in [6, 6.07) is 14.7. The summed E-state index contributed by atoms with van der Waals surface area (Å²) >= 11 is 12.1. The summed E-state index contributed by atoms with van der Waals surface area (Å²) in [5.41, 5.74) is 0.964. The van der Waals surface area contributed by atoms with E-state index >= 15 is 0 Å². The van der Waals surface area contributed by atoms with E-state index in [0.29, 0.717) is 33.7 Å². The van der Waals surface area contributed by atoms with Gasteiger partial charge in [0.25, 0.3) is 10.0 Å². The van der Waals surface area contributed by atoms with Crippen molar-refractivity contribution in [2.24, 2.45) is 0 Å². The van der Waals surface area contributed by atoms with Crippen molar-refractivity contribution in [3.05, 3.63) is 88.9 Å². The predicted molar refractivity (Wildman–Crippen MR) is 120 cm³/mol. The minimum Gasteiger partial charge on any atom is -0.439 e. The van der Waals surface area contributed by atoms with E-state index in [0.717, 1.165) is 0 Å². The van der Waals surface area contributed by atoms with Gasteiger partial charge in [0.2, 0.25) is 5.88 Å². The van der Waals surface area contributed by atoms with E-state index in [-0.39, 0.29) is 9.92 Å². The first-order chi connectivity index (χ1) is 14.8. The smallest absolute Gasteiger partial charge is 0.263 e. The van der Waals surface area contributed by atoms with E-state index in [1.54, 1.807) is 37.3 Å². The maximum Gasteiger partial charge on any atom is 0.263 e. The van der Waals surface area contributed by atoms with Gasteiger partial charge in [-0.15, -0.1) is 0 Å². The Bertz CT molecular complexity index is 1330. The van der Waals surface area contributed by atoms with E-state index in [2.05, 4.69) is 14.7 Å². The molecule has 0 aliphatic rings. The van der Waals surface area contributed by atoms with Crippen LogP contribution in [0, 0.1) is 6.92 Å². The minimum absolute atomic E-state index is 0.0464. The molecule has 4 aromatic rings. The van der Waals surface area contributed by atoms with Crippen molar-refractivity contribution in [2.45, 2.75) is 11.8 Å². The van der Waals surface area contributed by atoms with Crippen molar-refractivity contribution in [3.8, 4) is 17.4 Å². The molecular formula is C21H16Cl2N4O3S. The van der Waals surface area contributed by atoms with Gasteiger partial charge >= 0.3 is 0 Å². The SMILES string of the molecule is Cc1cc(S(=O)(=O)Nc2ccc(Oc3cc(-n4cccc4)ncn3)cc2)c(Cl)cc1Cl. The van der Waals surface area contributed by atoms with Crippen LogP contribution in [0.15, 0.2) is 78.2 Å². The van der Waals surface area contributed by atoms with Crippen LogP contribution in [0.5, 0.6) is 11.6 Å². The van der Waals surface area contributed by atoms with Crippen molar-refractivity contribution in [2.75, 3.05) is 4.72 Å². The summed E-state index contributed by atoms with van der Waals surface area (Å²) in [7, 11) is -3.89. The first-order valence-electron chi connectivity index (χ1n) is 9.03. The average molecular weight is 475 g/mol. The highest BCUT2D eigenvalue weighted by atomic mass is 35.5. The fourth-order valence-corrected chi connectivity index (χ4v) is 4.66. The molecule has 2 aromatic carbocycles. The van der Waals surface area contributed by atoms with Gasteiger partial charge in [-0.1, -0.05) is 23.2 Å². The van der Waals surface area contributed by atoms with Crippen molar-refractivity contribution >= 4 is 38.9 Å². The van der Waals surface area contributed by atoms with Crippen LogP contribution < -0.4 is 9.46 Å². The molecule has 0 bridgehead atoms. The molecular weight excluding hydrogens is 459 g/mol. The van der Waals surface area contributed by atoms with E-state index in [1.165, 1.54) is 18.5 Å². The molecule has 158 valence electrons. The number of nitrogens with zero attached hydrogens (tertiary/aromatic N) is 3. The van der Waals surface area contributed by atoms with Crippen molar-refractivity contribution < 1.29 is 13.2 Å². The van der Waals surface area contributed by atoms with E-state index < -0.39 is 10.0 Å². The number of anilines is 1. The number of aromatic nitrogens is 3. The zero-order valence-electron chi connectivity index (χ0n) is 16.2. The highest BCUT2D eigenvalue weighted by Gasteiger charge is 2.19. The Labute approximate surface area is 189 Å². The Hall–Kier alpha value is -3.07. The molecule has 0 spiro atoms. The summed E-state index contributed by atoms with van der Waals surface area (Å²) < 4.78 is 35.5. The summed E-state index contributed by atoms with van der Waals surface area (Å²) in [6.45, 7) is 1.71. The lowest BCUT2D eigenvalue weighted by molar-refractivity contribution is 0.461. The molecule has 0 fully saturated rings. The van der Waals surface area contributed by atoms with Crippen LogP contribution in [-0.2, 0) is 10.0 Å². The molecule has 1 N–H and O–H groups in total. The number of hydrogen-bond donors (Lipinski definition) is 1. The second kappa shape index (κ2) is 8.58. The van der Waals surface area contributed by atoms with Gasteiger partial charge in [0.15, 0.2) is 0 Å². The van der Waals surface area contributed by atoms with Crippen LogP contribution >= 0.6 is 23.2 Å². The molecule has 0 saturated carbocycles. The standard InChI is InChI=1S/C21H16Cl2N4O3S/c1-14-10-19(18(23)11-17(14)22)31(28,29)26-15-4-6-16(7-5-15)30-21-12-20(24-13-25-21)27-8-2-3-9-27/h2-13,26H,1H3. The van der Waals surface area contributed by atoms with Crippen LogP contribution in [0.3, 0.4) is 0 Å². The Morgan fingerprint density at radius 2 is 1.68 bits per heavy atom. The van der Waals surface area contributed by atoms with Gasteiger partial charge in [0, 0.05) is 29.2 Å². The maximum absolute atomic E-state index is 12.7. The van der Waals surface area contributed by atoms with Gasteiger partial charge in [-0.05, 0) is 61.0 Å². The first-order valence-corrected chi connectivity index (χ1v) is 11.3. The number of halogens is 2. The molecule has 0 aliphatic carbocycles. The number of benzene rings is 2. The number of ether oxygens (including phenoxy) is 1. The molecule has 4 rings (SSSR count). The number of rotatable bonds is 6. The van der Waals surface area contributed by atoms with Gasteiger partial charge < -0.3 is 9.30 Å². The monoisotopic (exact) mass is 474 g/mol. The molecule has 0 saturated heterocycles. The van der Waals surface area contributed by atoms with Crippen molar-refractivity contribution in [1.82, 2.24) is 14.5 Å². The molecule has 0 aliphatic heterocycles. The highest BCUT2D eigenvalue weighted by Crippen LogP contribution is 2.30. The average Bonchev–Trinajstić information content (AvgIpc) is 3.27. The molecule has 2 heterocycles. The second-order valence-electron chi connectivity index (χ2n) is 6.57. The molecule has 0 amide bonds. The largest absolute Gasteiger partial charge is 0.439 e. The number of nitrogens with one attached hydrogen (secondary N) is 1. The summed E-state index contributed by atoms with van der Waals surface area (Å²) in [4.78, 5) is 8.26. The topological polar surface area (TPSA) is 86.1 Å². The lowest BCUT2D eigenvalue weighted by atomic mass is 10.2. The molecule has 7 nitrogen and oxygen atoms in total. The lowest BCUT2D eigenvalue weighted by Gasteiger charge is -2.12. The fraction of sp³-hybridized carbons (Fsp3) is 0.0476. The van der Waals surface area contributed by atoms with E-state index in [1.807, 2.05) is 29.1 Å². The fourth-order valence-electron chi connectivity index (χ4n) is 2.77. The highest BCUT2D eigenvalue weighted by molar-refractivity contribution is 7.92. The molecule has 31 heavy (non-hydrogen) atoms. The van der Waals surface area contributed by atoms with E-state index in [4.69, 9.17) is 27.9 Å². The molecule has 0 radical (unpaired) electrons. The van der Waals surface area contributed by atoms with Gasteiger partial charge in [-0.25, -0.2) is 18.4 Å². The third kappa shape index (κ3) is 4.82. The quantitative estimate of drug-likeness (QED) is 0.399. The summed E-state index contributed by atoms with van der Waals surface area (Å²) in [6.07, 6.45) is 5.13. The van der Waals surface area contributed by atoms with E-state index in [9.17, 15) is 8.42 Å². The maximum atomic E-state index is 12.7. The Balaban J connectivity index is 1.50. The van der Waals surface area contributed by atoms with Crippen LogP contribution in [-0.4, -0.2) is 23.0 Å². The Morgan fingerprint density at radius 1 is 0.968 bits per heavy atom. The van der Waals surface area contributed by atoms with Gasteiger partial charge in [0.05, 0.1) is 5.02 Å². The molecule has 10 heteroatoms. The number of hydrogen-bond acceptors (Lipinski definition) is 5. The van der Waals surface area contributed by atoms with Gasteiger partial charge in [-0.3, -0.25) is 4.72 Å². The third-order valence-corrected chi connectivity index (χ3v) is 6.58. The van der Waals surface area contributed by atoms with Crippen LogP contribution in [0.4, 0.5) is 5.69 Å². The normalized spacial score (nSPS) is 11.3. The first kappa shape index (κ1) is 21.2. The molecule has 0 atom stereocenters.